The van der Waals surface area contributed by atoms with E-state index in [1.807, 2.05) is 61.6 Å². The SMILES string of the molecule is CNCc1ccc(OC(CC#N)c2ccccc2)cc1. The maximum atomic E-state index is 8.95. The van der Waals surface area contributed by atoms with Gasteiger partial charge in [0.15, 0.2) is 0 Å². The van der Waals surface area contributed by atoms with Gasteiger partial charge < -0.3 is 10.1 Å². The monoisotopic (exact) mass is 266 g/mol. The summed E-state index contributed by atoms with van der Waals surface area (Å²) in [6.07, 6.45) is 0.110. The standard InChI is InChI=1S/C17H18N2O/c1-19-13-14-7-9-16(10-8-14)20-17(11-12-18)15-5-3-2-4-6-15/h2-10,17,19H,11,13H2,1H3. The van der Waals surface area contributed by atoms with Crippen molar-refractivity contribution < 1.29 is 4.74 Å². The van der Waals surface area contributed by atoms with Crippen LogP contribution in [0.3, 0.4) is 0 Å². The zero-order valence-electron chi connectivity index (χ0n) is 11.5. The molecule has 1 unspecified atom stereocenters. The summed E-state index contributed by atoms with van der Waals surface area (Å²) in [7, 11) is 1.92. The lowest BCUT2D eigenvalue weighted by Crippen LogP contribution is -2.07. The molecule has 2 rings (SSSR count). The summed E-state index contributed by atoms with van der Waals surface area (Å²) in [5.74, 6) is 0.786. The third-order valence-electron chi connectivity index (χ3n) is 3.03. The van der Waals surface area contributed by atoms with E-state index >= 15 is 0 Å². The van der Waals surface area contributed by atoms with E-state index in [1.165, 1.54) is 5.56 Å². The zero-order valence-corrected chi connectivity index (χ0v) is 11.5. The Balaban J connectivity index is 2.10. The molecule has 0 aromatic heterocycles. The van der Waals surface area contributed by atoms with Crippen LogP contribution in [-0.4, -0.2) is 7.05 Å². The van der Waals surface area contributed by atoms with Crippen molar-refractivity contribution >= 4 is 0 Å². The molecule has 102 valence electrons. The number of benzene rings is 2. The minimum atomic E-state index is -0.226. The largest absolute Gasteiger partial charge is 0.485 e. The van der Waals surface area contributed by atoms with Gasteiger partial charge in [-0.3, -0.25) is 0 Å². The second-order valence-electron chi connectivity index (χ2n) is 4.55. The van der Waals surface area contributed by atoms with Crippen LogP contribution in [0.15, 0.2) is 54.6 Å². The Labute approximate surface area is 119 Å². The lowest BCUT2D eigenvalue weighted by Gasteiger charge is -2.17. The summed E-state index contributed by atoms with van der Waals surface area (Å²) < 4.78 is 5.93. The summed E-state index contributed by atoms with van der Waals surface area (Å²) >= 11 is 0. The van der Waals surface area contributed by atoms with E-state index in [2.05, 4.69) is 11.4 Å². The van der Waals surface area contributed by atoms with Gasteiger partial charge in [0.05, 0.1) is 12.5 Å². The maximum absolute atomic E-state index is 8.95. The molecule has 0 amide bonds. The second kappa shape index (κ2) is 7.32. The summed E-state index contributed by atoms with van der Waals surface area (Å²) in [5.41, 5.74) is 2.23. The van der Waals surface area contributed by atoms with Gasteiger partial charge in [-0.25, -0.2) is 0 Å². The van der Waals surface area contributed by atoms with E-state index in [-0.39, 0.29) is 6.10 Å². The van der Waals surface area contributed by atoms with Crippen LogP contribution in [0, 0.1) is 11.3 Å². The summed E-state index contributed by atoms with van der Waals surface area (Å²) in [5, 5.41) is 12.1. The van der Waals surface area contributed by atoms with Crippen molar-refractivity contribution in [1.29, 1.82) is 5.26 Å². The van der Waals surface area contributed by atoms with Crippen LogP contribution in [0.25, 0.3) is 0 Å². The van der Waals surface area contributed by atoms with Gasteiger partial charge >= 0.3 is 0 Å². The fourth-order valence-corrected chi connectivity index (χ4v) is 2.03. The first-order chi connectivity index (χ1) is 9.83. The smallest absolute Gasteiger partial charge is 0.137 e. The molecule has 0 heterocycles. The number of ether oxygens (including phenoxy) is 1. The first-order valence-corrected chi connectivity index (χ1v) is 6.65. The highest BCUT2D eigenvalue weighted by atomic mass is 16.5. The van der Waals surface area contributed by atoms with Crippen LogP contribution < -0.4 is 10.1 Å². The third kappa shape index (κ3) is 3.84. The fraction of sp³-hybridized carbons (Fsp3) is 0.235. The molecule has 20 heavy (non-hydrogen) atoms. The molecule has 1 N–H and O–H groups in total. The van der Waals surface area contributed by atoms with Crippen molar-refractivity contribution in [1.82, 2.24) is 5.32 Å². The van der Waals surface area contributed by atoms with Gasteiger partial charge in [-0.15, -0.1) is 0 Å². The van der Waals surface area contributed by atoms with E-state index in [9.17, 15) is 0 Å². The number of hydrogen-bond donors (Lipinski definition) is 1. The number of nitriles is 1. The topological polar surface area (TPSA) is 45.0 Å². The van der Waals surface area contributed by atoms with Gasteiger partial charge in [-0.05, 0) is 30.3 Å². The highest BCUT2D eigenvalue weighted by Gasteiger charge is 2.12. The molecule has 2 aromatic rings. The highest BCUT2D eigenvalue weighted by molar-refractivity contribution is 5.29. The van der Waals surface area contributed by atoms with Crippen molar-refractivity contribution in [3.63, 3.8) is 0 Å². The fourth-order valence-electron chi connectivity index (χ4n) is 2.03. The molecule has 0 saturated heterocycles. The minimum Gasteiger partial charge on any atom is -0.485 e. The van der Waals surface area contributed by atoms with Crippen LogP contribution in [-0.2, 0) is 6.54 Å². The number of rotatable bonds is 6. The average Bonchev–Trinajstić information content (AvgIpc) is 2.50. The molecular weight excluding hydrogens is 248 g/mol. The molecule has 2 aromatic carbocycles. The molecule has 3 nitrogen and oxygen atoms in total. The Kier molecular flexibility index (Phi) is 5.16. The minimum absolute atomic E-state index is 0.226. The molecule has 0 aliphatic carbocycles. The zero-order chi connectivity index (χ0) is 14.2. The van der Waals surface area contributed by atoms with Crippen molar-refractivity contribution in [2.75, 3.05) is 7.05 Å². The predicted octanol–water partition coefficient (Wildman–Crippen LogP) is 3.44. The van der Waals surface area contributed by atoms with E-state index in [4.69, 9.17) is 10.00 Å². The van der Waals surface area contributed by atoms with Crippen LogP contribution in [0.1, 0.15) is 23.7 Å². The van der Waals surface area contributed by atoms with E-state index in [1.54, 1.807) is 0 Å². The molecule has 0 fully saturated rings. The van der Waals surface area contributed by atoms with E-state index in [0.29, 0.717) is 6.42 Å². The molecule has 0 spiro atoms. The van der Waals surface area contributed by atoms with Gasteiger partial charge in [0.1, 0.15) is 11.9 Å². The number of nitrogens with one attached hydrogen (secondary N) is 1. The first kappa shape index (κ1) is 14.1. The summed E-state index contributed by atoms with van der Waals surface area (Å²) in [6.45, 7) is 0.834. The Morgan fingerprint density at radius 2 is 1.80 bits per heavy atom. The van der Waals surface area contributed by atoms with Crippen molar-refractivity contribution in [2.45, 2.75) is 19.1 Å². The van der Waals surface area contributed by atoms with Crippen LogP contribution in [0.4, 0.5) is 0 Å². The predicted molar refractivity (Wildman–Crippen MR) is 79.2 cm³/mol. The van der Waals surface area contributed by atoms with E-state index in [0.717, 1.165) is 17.9 Å². The number of nitrogens with zero attached hydrogens (tertiary/aromatic N) is 1. The first-order valence-electron chi connectivity index (χ1n) is 6.65. The molecule has 0 bridgehead atoms. The maximum Gasteiger partial charge on any atom is 0.137 e. The molecule has 0 saturated carbocycles. The van der Waals surface area contributed by atoms with Gasteiger partial charge in [-0.1, -0.05) is 42.5 Å². The van der Waals surface area contributed by atoms with Gasteiger partial charge in [0.2, 0.25) is 0 Å². The molecule has 0 radical (unpaired) electrons. The van der Waals surface area contributed by atoms with E-state index < -0.39 is 0 Å². The normalized spacial score (nSPS) is 11.6. The Bertz CT molecular complexity index is 558. The van der Waals surface area contributed by atoms with Crippen molar-refractivity contribution in [2.24, 2.45) is 0 Å². The molecular formula is C17H18N2O. The second-order valence-corrected chi connectivity index (χ2v) is 4.55. The highest BCUT2D eigenvalue weighted by Crippen LogP contribution is 2.24. The lowest BCUT2D eigenvalue weighted by atomic mass is 10.1. The Hall–Kier alpha value is -2.31. The summed E-state index contributed by atoms with van der Waals surface area (Å²) in [4.78, 5) is 0. The molecule has 1 atom stereocenters. The van der Waals surface area contributed by atoms with Gasteiger partial charge in [0, 0.05) is 6.54 Å². The van der Waals surface area contributed by atoms with Crippen molar-refractivity contribution in [3.8, 4) is 11.8 Å². The molecule has 0 aliphatic rings. The molecule has 3 heteroatoms. The van der Waals surface area contributed by atoms with Crippen LogP contribution in [0.5, 0.6) is 5.75 Å². The Morgan fingerprint density at radius 1 is 1.10 bits per heavy atom. The van der Waals surface area contributed by atoms with Crippen molar-refractivity contribution in [3.05, 3.63) is 65.7 Å². The average molecular weight is 266 g/mol. The number of hydrogen-bond acceptors (Lipinski definition) is 3. The lowest BCUT2D eigenvalue weighted by molar-refractivity contribution is 0.211. The quantitative estimate of drug-likeness (QED) is 0.871. The Morgan fingerprint density at radius 3 is 2.40 bits per heavy atom. The van der Waals surface area contributed by atoms with Crippen LogP contribution in [0.2, 0.25) is 0 Å². The van der Waals surface area contributed by atoms with Crippen LogP contribution >= 0.6 is 0 Å². The third-order valence-corrected chi connectivity index (χ3v) is 3.03. The molecule has 0 aliphatic heterocycles. The summed E-state index contributed by atoms with van der Waals surface area (Å²) in [6, 6.07) is 20.0. The van der Waals surface area contributed by atoms with Gasteiger partial charge in [0.25, 0.3) is 0 Å². The van der Waals surface area contributed by atoms with Gasteiger partial charge in [-0.2, -0.15) is 5.26 Å².